The van der Waals surface area contributed by atoms with Crippen LogP contribution in [0.2, 0.25) is 0 Å². The minimum absolute atomic E-state index is 0.160. The molecule has 1 aromatic carbocycles. The number of carbonyl (C=O) groups excluding carboxylic acids is 3. The van der Waals surface area contributed by atoms with E-state index in [0.29, 0.717) is 19.4 Å². The maximum atomic E-state index is 12.6. The highest BCUT2D eigenvalue weighted by atomic mass is 16.6. The van der Waals surface area contributed by atoms with Gasteiger partial charge in [-0.2, -0.15) is 0 Å². The molecule has 0 radical (unpaired) electrons. The third-order valence-corrected chi connectivity index (χ3v) is 4.31. The van der Waals surface area contributed by atoms with Crippen LogP contribution in [-0.2, 0) is 9.53 Å². The van der Waals surface area contributed by atoms with Gasteiger partial charge in [-0.05, 0) is 43.2 Å². The molecule has 3 rings (SSSR count). The van der Waals surface area contributed by atoms with E-state index in [4.69, 9.17) is 13.9 Å². The Morgan fingerprint density at radius 3 is 2.63 bits per heavy atom. The fourth-order valence-electron chi connectivity index (χ4n) is 2.97. The zero-order valence-electron chi connectivity index (χ0n) is 15.0. The number of amides is 1. The molecule has 0 aliphatic carbocycles. The molecule has 1 amide bonds. The van der Waals surface area contributed by atoms with E-state index < -0.39 is 18.0 Å². The van der Waals surface area contributed by atoms with Gasteiger partial charge in [-0.15, -0.1) is 0 Å². The number of ether oxygens (including phenoxy) is 3. The fraction of sp³-hybridized carbons (Fsp3) is 0.316. The number of hydrogen-bond donors (Lipinski definition) is 0. The largest absolute Gasteiger partial charge is 0.493 e. The molecule has 8 nitrogen and oxygen atoms in total. The van der Waals surface area contributed by atoms with Crippen molar-refractivity contribution in [2.75, 3.05) is 20.8 Å². The second-order valence-corrected chi connectivity index (χ2v) is 5.91. The average molecular weight is 373 g/mol. The molecule has 2 aromatic rings. The van der Waals surface area contributed by atoms with Gasteiger partial charge >= 0.3 is 11.9 Å². The zero-order chi connectivity index (χ0) is 19.4. The van der Waals surface area contributed by atoms with Crippen LogP contribution in [0.3, 0.4) is 0 Å². The van der Waals surface area contributed by atoms with Crippen molar-refractivity contribution in [2.45, 2.75) is 18.9 Å². The van der Waals surface area contributed by atoms with Gasteiger partial charge in [0.25, 0.3) is 5.91 Å². The lowest BCUT2D eigenvalue weighted by Gasteiger charge is -2.22. The van der Waals surface area contributed by atoms with Crippen molar-refractivity contribution in [1.29, 1.82) is 0 Å². The number of methoxy groups -OCH3 is 2. The fourth-order valence-corrected chi connectivity index (χ4v) is 2.97. The molecule has 0 saturated carbocycles. The predicted molar refractivity (Wildman–Crippen MR) is 92.7 cm³/mol. The Balaban J connectivity index is 1.76. The van der Waals surface area contributed by atoms with Crippen molar-refractivity contribution in [1.82, 2.24) is 4.90 Å². The lowest BCUT2D eigenvalue weighted by Crippen LogP contribution is -2.42. The minimum Gasteiger partial charge on any atom is -0.493 e. The van der Waals surface area contributed by atoms with Crippen LogP contribution < -0.4 is 9.47 Å². The SMILES string of the molecule is COC(=O)c1ccc(OC(=O)C2CCCN2C(=O)c2ccco2)c(OC)c1. The highest BCUT2D eigenvalue weighted by molar-refractivity contribution is 5.95. The second-order valence-electron chi connectivity index (χ2n) is 5.91. The molecule has 1 atom stereocenters. The van der Waals surface area contributed by atoms with Gasteiger partial charge in [-0.25, -0.2) is 9.59 Å². The maximum Gasteiger partial charge on any atom is 0.337 e. The number of furan rings is 1. The van der Waals surface area contributed by atoms with Gasteiger partial charge in [0.05, 0.1) is 26.0 Å². The van der Waals surface area contributed by atoms with Crippen LogP contribution in [0.1, 0.15) is 33.8 Å². The Labute approximate surface area is 155 Å². The Hall–Kier alpha value is -3.29. The monoisotopic (exact) mass is 373 g/mol. The molecule has 1 saturated heterocycles. The van der Waals surface area contributed by atoms with E-state index in [1.165, 1.54) is 43.6 Å². The second kappa shape index (κ2) is 7.94. The summed E-state index contributed by atoms with van der Waals surface area (Å²) < 4.78 is 20.4. The van der Waals surface area contributed by atoms with E-state index in [-0.39, 0.29) is 28.7 Å². The van der Waals surface area contributed by atoms with Crippen molar-refractivity contribution in [3.05, 3.63) is 47.9 Å². The Bertz CT molecular complexity index is 844. The number of rotatable bonds is 5. The van der Waals surface area contributed by atoms with Crippen LogP contribution in [0.25, 0.3) is 0 Å². The quantitative estimate of drug-likeness (QED) is 0.586. The molecule has 1 aliphatic heterocycles. The van der Waals surface area contributed by atoms with Crippen molar-refractivity contribution in [3.8, 4) is 11.5 Å². The van der Waals surface area contributed by atoms with Gasteiger partial charge in [-0.3, -0.25) is 4.79 Å². The van der Waals surface area contributed by atoms with Gasteiger partial charge in [0.15, 0.2) is 17.3 Å². The molecule has 27 heavy (non-hydrogen) atoms. The number of esters is 2. The summed E-state index contributed by atoms with van der Waals surface area (Å²) in [7, 11) is 2.67. The van der Waals surface area contributed by atoms with Gasteiger partial charge < -0.3 is 23.5 Å². The normalized spacial score (nSPS) is 16.1. The Morgan fingerprint density at radius 2 is 1.96 bits per heavy atom. The average Bonchev–Trinajstić information content (AvgIpc) is 3.38. The number of benzene rings is 1. The molecule has 0 bridgehead atoms. The zero-order valence-corrected chi connectivity index (χ0v) is 15.0. The predicted octanol–water partition coefficient (Wildman–Crippen LogP) is 2.29. The van der Waals surface area contributed by atoms with Crippen LogP contribution in [0, 0.1) is 0 Å². The van der Waals surface area contributed by atoms with Gasteiger partial charge in [0.1, 0.15) is 6.04 Å². The summed E-state index contributed by atoms with van der Waals surface area (Å²) >= 11 is 0. The van der Waals surface area contributed by atoms with Crippen molar-refractivity contribution >= 4 is 17.8 Å². The van der Waals surface area contributed by atoms with Gasteiger partial charge in [-0.1, -0.05) is 0 Å². The summed E-state index contributed by atoms with van der Waals surface area (Å²) in [6.45, 7) is 0.442. The first-order valence-electron chi connectivity index (χ1n) is 8.37. The molecular weight excluding hydrogens is 354 g/mol. The van der Waals surface area contributed by atoms with Crippen LogP contribution in [0.15, 0.2) is 41.0 Å². The van der Waals surface area contributed by atoms with Gasteiger partial charge in [0, 0.05) is 6.54 Å². The van der Waals surface area contributed by atoms with Crippen molar-refractivity contribution in [3.63, 3.8) is 0 Å². The molecule has 1 aliphatic rings. The topological polar surface area (TPSA) is 95.3 Å². The molecule has 2 heterocycles. The Morgan fingerprint density at radius 1 is 1.15 bits per heavy atom. The van der Waals surface area contributed by atoms with Crippen molar-refractivity contribution in [2.24, 2.45) is 0 Å². The highest BCUT2D eigenvalue weighted by Gasteiger charge is 2.37. The first-order valence-corrected chi connectivity index (χ1v) is 8.37. The summed E-state index contributed by atoms with van der Waals surface area (Å²) in [6.07, 6.45) is 2.59. The molecule has 8 heteroatoms. The highest BCUT2D eigenvalue weighted by Crippen LogP contribution is 2.30. The summed E-state index contributed by atoms with van der Waals surface area (Å²) in [5, 5.41) is 0. The number of hydrogen-bond acceptors (Lipinski definition) is 7. The smallest absolute Gasteiger partial charge is 0.337 e. The molecule has 1 aromatic heterocycles. The minimum atomic E-state index is -0.715. The molecule has 1 unspecified atom stereocenters. The Kier molecular flexibility index (Phi) is 5.44. The van der Waals surface area contributed by atoms with E-state index in [9.17, 15) is 14.4 Å². The van der Waals surface area contributed by atoms with Gasteiger partial charge in [0.2, 0.25) is 0 Å². The van der Waals surface area contributed by atoms with Crippen LogP contribution in [0.5, 0.6) is 11.5 Å². The maximum absolute atomic E-state index is 12.6. The van der Waals surface area contributed by atoms with Crippen LogP contribution in [0.4, 0.5) is 0 Å². The standard InChI is InChI=1S/C19H19NO7/c1-24-16-11-12(18(22)25-2)7-8-14(16)27-19(23)13-5-3-9-20(13)17(21)15-6-4-10-26-15/h4,6-8,10-11,13H,3,5,9H2,1-2H3. The molecule has 142 valence electrons. The first kappa shape index (κ1) is 18.5. The van der Waals surface area contributed by atoms with E-state index in [0.717, 1.165) is 0 Å². The number of carbonyl (C=O) groups is 3. The summed E-state index contributed by atoms with van der Waals surface area (Å²) in [5.41, 5.74) is 0.268. The van der Waals surface area contributed by atoms with E-state index in [2.05, 4.69) is 4.74 Å². The van der Waals surface area contributed by atoms with E-state index >= 15 is 0 Å². The molecule has 0 N–H and O–H groups in total. The first-order chi connectivity index (χ1) is 13.0. The summed E-state index contributed by atoms with van der Waals surface area (Å²) in [4.78, 5) is 38.2. The lowest BCUT2D eigenvalue weighted by molar-refractivity contribution is -0.138. The van der Waals surface area contributed by atoms with Crippen LogP contribution >= 0.6 is 0 Å². The van der Waals surface area contributed by atoms with E-state index in [1.807, 2.05) is 0 Å². The number of nitrogens with zero attached hydrogens (tertiary/aromatic N) is 1. The molecule has 1 fully saturated rings. The van der Waals surface area contributed by atoms with E-state index in [1.54, 1.807) is 12.1 Å². The van der Waals surface area contributed by atoms with Crippen LogP contribution in [-0.4, -0.2) is 49.6 Å². The molecular formula is C19H19NO7. The van der Waals surface area contributed by atoms with Crippen molar-refractivity contribution < 1.29 is 33.0 Å². The lowest BCUT2D eigenvalue weighted by atomic mass is 10.2. The third kappa shape index (κ3) is 3.79. The number of likely N-dealkylation sites (tertiary alicyclic amines) is 1. The third-order valence-electron chi connectivity index (χ3n) is 4.31. The summed E-state index contributed by atoms with van der Waals surface area (Å²) in [5.74, 6) is -0.906. The summed E-state index contributed by atoms with van der Waals surface area (Å²) in [6, 6.07) is 6.80. The molecule has 0 spiro atoms.